The molecule has 6 heteroatoms. The van der Waals surface area contributed by atoms with Gasteiger partial charge in [-0.15, -0.1) is 0 Å². The maximum Gasteiger partial charge on any atom is 0.255 e. The van der Waals surface area contributed by atoms with E-state index in [1.807, 2.05) is 13.8 Å². The van der Waals surface area contributed by atoms with Crippen molar-refractivity contribution in [1.29, 1.82) is 0 Å². The number of benzene rings is 1. The van der Waals surface area contributed by atoms with Crippen molar-refractivity contribution < 1.29 is 9.59 Å². The molecule has 0 aliphatic carbocycles. The van der Waals surface area contributed by atoms with Crippen molar-refractivity contribution in [3.63, 3.8) is 0 Å². The minimum atomic E-state index is -0.0865. The van der Waals surface area contributed by atoms with E-state index in [0.717, 1.165) is 25.9 Å². The number of hydrogen-bond acceptors (Lipinski definition) is 3. The highest BCUT2D eigenvalue weighted by Gasteiger charge is 2.18. The molecule has 1 saturated heterocycles. The minimum absolute atomic E-state index is 0.0132. The number of halogens is 1. The molecule has 1 aliphatic heterocycles. The van der Waals surface area contributed by atoms with E-state index in [0.29, 0.717) is 41.7 Å². The fourth-order valence-electron chi connectivity index (χ4n) is 2.97. The van der Waals surface area contributed by atoms with Crippen LogP contribution >= 0.6 is 11.6 Å². The van der Waals surface area contributed by atoms with Gasteiger partial charge >= 0.3 is 0 Å². The lowest BCUT2D eigenvalue weighted by atomic mass is 10.0. The Balaban J connectivity index is 1.93. The quantitative estimate of drug-likeness (QED) is 0.793. The predicted molar refractivity (Wildman–Crippen MR) is 97.5 cm³/mol. The van der Waals surface area contributed by atoms with Gasteiger partial charge < -0.3 is 15.5 Å². The zero-order chi connectivity index (χ0) is 17.5. The van der Waals surface area contributed by atoms with Crippen molar-refractivity contribution in [2.75, 3.05) is 31.5 Å². The number of nitrogens with zero attached hydrogens (tertiary/aromatic N) is 1. The number of anilines is 1. The SMILES string of the molecule is CCN(CC)C(=O)c1ccc(NC(=O)CCC2CCNC2)cc1Cl. The summed E-state index contributed by atoms with van der Waals surface area (Å²) in [6.45, 7) is 7.19. The number of hydrogen-bond donors (Lipinski definition) is 2. The summed E-state index contributed by atoms with van der Waals surface area (Å²) in [6, 6.07) is 5.06. The van der Waals surface area contributed by atoms with Crippen LogP contribution < -0.4 is 10.6 Å². The molecule has 1 fully saturated rings. The molecule has 1 unspecified atom stereocenters. The van der Waals surface area contributed by atoms with Crippen LogP contribution in [0.15, 0.2) is 18.2 Å². The molecule has 1 aromatic rings. The first-order valence-electron chi connectivity index (χ1n) is 8.64. The van der Waals surface area contributed by atoms with Gasteiger partial charge in [-0.25, -0.2) is 0 Å². The summed E-state index contributed by atoms with van der Waals surface area (Å²) in [6.07, 6.45) is 2.54. The number of rotatable bonds is 7. The fraction of sp³-hybridized carbons (Fsp3) is 0.556. The zero-order valence-corrected chi connectivity index (χ0v) is 15.2. The van der Waals surface area contributed by atoms with E-state index in [2.05, 4.69) is 10.6 Å². The average Bonchev–Trinajstić information content (AvgIpc) is 3.07. The van der Waals surface area contributed by atoms with Crippen molar-refractivity contribution in [1.82, 2.24) is 10.2 Å². The molecule has 0 aromatic heterocycles. The standard InChI is InChI=1S/C18H26ClN3O2/c1-3-22(4-2)18(24)15-7-6-14(11-16(15)19)21-17(23)8-5-13-9-10-20-12-13/h6-7,11,13,20H,3-5,8-10,12H2,1-2H3,(H,21,23). The summed E-state index contributed by atoms with van der Waals surface area (Å²) < 4.78 is 0. The molecule has 0 spiro atoms. The summed E-state index contributed by atoms with van der Waals surface area (Å²) in [7, 11) is 0. The van der Waals surface area contributed by atoms with Gasteiger partial charge in [0.2, 0.25) is 5.91 Å². The fourth-order valence-corrected chi connectivity index (χ4v) is 3.23. The molecule has 132 valence electrons. The highest BCUT2D eigenvalue weighted by atomic mass is 35.5. The van der Waals surface area contributed by atoms with Crippen molar-refractivity contribution in [2.24, 2.45) is 5.92 Å². The Hall–Kier alpha value is -1.59. The van der Waals surface area contributed by atoms with Crippen LogP contribution in [0.5, 0.6) is 0 Å². The second-order valence-electron chi connectivity index (χ2n) is 6.12. The van der Waals surface area contributed by atoms with Crippen LogP contribution in [0, 0.1) is 5.92 Å². The Morgan fingerprint density at radius 1 is 1.33 bits per heavy atom. The Morgan fingerprint density at radius 2 is 2.08 bits per heavy atom. The van der Waals surface area contributed by atoms with Gasteiger partial charge in [0.25, 0.3) is 5.91 Å². The van der Waals surface area contributed by atoms with Crippen LogP contribution in [0.2, 0.25) is 5.02 Å². The third-order valence-electron chi connectivity index (χ3n) is 4.48. The Labute approximate surface area is 148 Å². The molecule has 2 N–H and O–H groups in total. The number of carbonyl (C=O) groups excluding carboxylic acids is 2. The van der Waals surface area contributed by atoms with Gasteiger partial charge in [-0.05, 0) is 63.9 Å². The first kappa shape index (κ1) is 18.7. The molecule has 2 rings (SSSR count). The number of nitrogens with one attached hydrogen (secondary N) is 2. The van der Waals surface area contributed by atoms with E-state index in [1.165, 1.54) is 0 Å². The third kappa shape index (κ3) is 4.95. The van der Waals surface area contributed by atoms with Gasteiger partial charge in [-0.3, -0.25) is 9.59 Å². The molecule has 2 amide bonds. The summed E-state index contributed by atoms with van der Waals surface area (Å²) >= 11 is 6.24. The average molecular weight is 352 g/mol. The Kier molecular flexibility index (Phi) is 7.06. The Morgan fingerprint density at radius 3 is 2.67 bits per heavy atom. The Bertz CT molecular complexity index is 582. The molecule has 5 nitrogen and oxygen atoms in total. The molecule has 0 saturated carbocycles. The molecule has 1 heterocycles. The van der Waals surface area contributed by atoms with Crippen LogP contribution in [-0.2, 0) is 4.79 Å². The summed E-state index contributed by atoms with van der Waals surface area (Å²) in [5, 5.41) is 6.53. The van der Waals surface area contributed by atoms with Crippen molar-refractivity contribution in [2.45, 2.75) is 33.1 Å². The zero-order valence-electron chi connectivity index (χ0n) is 14.4. The van der Waals surface area contributed by atoms with Crippen LogP contribution in [0.25, 0.3) is 0 Å². The molecule has 1 atom stereocenters. The van der Waals surface area contributed by atoms with E-state index in [-0.39, 0.29) is 11.8 Å². The van der Waals surface area contributed by atoms with E-state index >= 15 is 0 Å². The smallest absolute Gasteiger partial charge is 0.255 e. The lowest BCUT2D eigenvalue weighted by Gasteiger charge is -2.19. The molecule has 24 heavy (non-hydrogen) atoms. The highest BCUT2D eigenvalue weighted by molar-refractivity contribution is 6.34. The van der Waals surface area contributed by atoms with E-state index in [9.17, 15) is 9.59 Å². The minimum Gasteiger partial charge on any atom is -0.339 e. The summed E-state index contributed by atoms with van der Waals surface area (Å²) in [5.41, 5.74) is 1.10. The van der Waals surface area contributed by atoms with Gasteiger partial charge in [0, 0.05) is 25.2 Å². The highest BCUT2D eigenvalue weighted by Crippen LogP contribution is 2.23. The maximum absolute atomic E-state index is 12.4. The second-order valence-corrected chi connectivity index (χ2v) is 6.52. The van der Waals surface area contributed by atoms with Crippen molar-refractivity contribution in [3.05, 3.63) is 28.8 Å². The van der Waals surface area contributed by atoms with Crippen molar-refractivity contribution in [3.8, 4) is 0 Å². The van der Waals surface area contributed by atoms with Gasteiger partial charge in [-0.1, -0.05) is 11.6 Å². The normalized spacial score (nSPS) is 16.9. The monoisotopic (exact) mass is 351 g/mol. The lowest BCUT2D eigenvalue weighted by Crippen LogP contribution is -2.30. The van der Waals surface area contributed by atoms with Gasteiger partial charge in [0.15, 0.2) is 0 Å². The largest absolute Gasteiger partial charge is 0.339 e. The molecule has 1 aromatic carbocycles. The van der Waals surface area contributed by atoms with Gasteiger partial charge in [-0.2, -0.15) is 0 Å². The molecular weight excluding hydrogens is 326 g/mol. The number of carbonyl (C=O) groups is 2. The van der Waals surface area contributed by atoms with Crippen molar-refractivity contribution >= 4 is 29.1 Å². The van der Waals surface area contributed by atoms with Crippen LogP contribution in [0.3, 0.4) is 0 Å². The van der Waals surface area contributed by atoms with E-state index < -0.39 is 0 Å². The number of amides is 2. The third-order valence-corrected chi connectivity index (χ3v) is 4.79. The summed E-state index contributed by atoms with van der Waals surface area (Å²) in [4.78, 5) is 26.1. The van der Waals surface area contributed by atoms with Crippen LogP contribution in [0.4, 0.5) is 5.69 Å². The predicted octanol–water partition coefficient (Wildman–Crippen LogP) is 3.15. The topological polar surface area (TPSA) is 61.4 Å². The van der Waals surface area contributed by atoms with E-state index in [4.69, 9.17) is 11.6 Å². The van der Waals surface area contributed by atoms with E-state index in [1.54, 1.807) is 23.1 Å². The molecule has 1 aliphatic rings. The molecular formula is C18H26ClN3O2. The molecule has 0 radical (unpaired) electrons. The first-order chi connectivity index (χ1) is 11.5. The lowest BCUT2D eigenvalue weighted by molar-refractivity contribution is -0.116. The first-order valence-corrected chi connectivity index (χ1v) is 9.02. The van der Waals surface area contributed by atoms with Crippen LogP contribution in [-0.4, -0.2) is 42.9 Å². The van der Waals surface area contributed by atoms with Crippen LogP contribution in [0.1, 0.15) is 43.5 Å². The van der Waals surface area contributed by atoms with Gasteiger partial charge in [0.05, 0.1) is 10.6 Å². The van der Waals surface area contributed by atoms with Gasteiger partial charge in [0.1, 0.15) is 0 Å². The second kappa shape index (κ2) is 9.04. The summed E-state index contributed by atoms with van der Waals surface area (Å²) in [5.74, 6) is 0.491. The molecule has 0 bridgehead atoms. The maximum atomic E-state index is 12.4.